The predicted octanol–water partition coefficient (Wildman–Crippen LogP) is 2.13. The second kappa shape index (κ2) is 6.59. The molecule has 0 amide bonds. The third-order valence-electron chi connectivity index (χ3n) is 5.22. The molecule has 1 saturated heterocycles. The second-order valence-corrected chi connectivity index (χ2v) is 7.09. The first-order chi connectivity index (χ1) is 10.6. The van der Waals surface area contributed by atoms with E-state index in [0.717, 1.165) is 43.8 Å². The lowest BCUT2D eigenvalue weighted by Gasteiger charge is -2.42. The number of hydrogen-bond donors (Lipinski definition) is 0. The molecule has 122 valence electrons. The fraction of sp³-hybridized carbons (Fsp3) is 0.750. The maximum absolute atomic E-state index is 11.9. The van der Waals surface area contributed by atoms with E-state index < -0.39 is 0 Å². The van der Waals surface area contributed by atoms with E-state index in [1.807, 2.05) is 0 Å². The largest absolute Gasteiger partial charge is 0.366 e. The molecule has 0 spiro atoms. The number of anilines is 1. The van der Waals surface area contributed by atoms with Gasteiger partial charge in [-0.25, -0.2) is 4.68 Å². The van der Waals surface area contributed by atoms with Crippen LogP contribution in [0.15, 0.2) is 11.0 Å². The first-order valence-electron chi connectivity index (χ1n) is 8.27. The molecule has 2 aliphatic rings. The maximum Gasteiger partial charge on any atom is 0.287 e. The van der Waals surface area contributed by atoms with E-state index in [4.69, 9.17) is 11.6 Å². The molecular weight excluding hydrogens is 300 g/mol. The summed E-state index contributed by atoms with van der Waals surface area (Å²) in [6, 6.07) is 0.746. The van der Waals surface area contributed by atoms with Crippen molar-refractivity contribution in [1.29, 1.82) is 0 Å². The van der Waals surface area contributed by atoms with Gasteiger partial charge in [-0.3, -0.25) is 9.69 Å². The molecule has 0 radical (unpaired) electrons. The van der Waals surface area contributed by atoms with Crippen molar-refractivity contribution in [3.8, 4) is 0 Å². The van der Waals surface area contributed by atoms with Gasteiger partial charge >= 0.3 is 0 Å². The summed E-state index contributed by atoms with van der Waals surface area (Å²) in [5.41, 5.74) is 0.560. The van der Waals surface area contributed by atoms with Gasteiger partial charge in [0.05, 0.1) is 11.9 Å². The lowest BCUT2D eigenvalue weighted by Crippen LogP contribution is -2.51. The van der Waals surface area contributed by atoms with Crippen LogP contribution in [0.3, 0.4) is 0 Å². The Balaban J connectivity index is 1.62. The first kappa shape index (κ1) is 15.8. The highest BCUT2D eigenvalue weighted by Crippen LogP contribution is 2.29. The SMILES string of the molecule is CC1CCC(N2CCN(c3cnn(C)c(=O)c3Cl)CC2)CC1. The van der Waals surface area contributed by atoms with Gasteiger partial charge in [0.15, 0.2) is 0 Å². The van der Waals surface area contributed by atoms with Crippen LogP contribution < -0.4 is 10.5 Å². The van der Waals surface area contributed by atoms with E-state index in [1.54, 1.807) is 13.2 Å². The average Bonchev–Trinajstić information content (AvgIpc) is 2.54. The van der Waals surface area contributed by atoms with E-state index in [9.17, 15) is 4.79 Å². The summed E-state index contributed by atoms with van der Waals surface area (Å²) in [5.74, 6) is 0.892. The normalized spacial score (nSPS) is 27.1. The quantitative estimate of drug-likeness (QED) is 0.836. The molecule has 0 unspecified atom stereocenters. The van der Waals surface area contributed by atoms with Crippen LogP contribution in [0.1, 0.15) is 32.6 Å². The first-order valence-corrected chi connectivity index (χ1v) is 8.65. The number of hydrogen-bond acceptors (Lipinski definition) is 4. The highest BCUT2D eigenvalue weighted by molar-refractivity contribution is 6.33. The standard InChI is InChI=1S/C16H25ClN4O/c1-12-3-5-13(6-4-12)20-7-9-21(10-8-20)14-11-18-19(2)16(22)15(14)17/h11-13H,3-10H2,1-2H3. The summed E-state index contributed by atoms with van der Waals surface area (Å²) in [6.45, 7) is 6.29. The minimum absolute atomic E-state index is 0.220. The number of aromatic nitrogens is 2. The van der Waals surface area contributed by atoms with Crippen LogP contribution in [-0.2, 0) is 7.05 Å². The van der Waals surface area contributed by atoms with Gasteiger partial charge in [-0.2, -0.15) is 5.10 Å². The van der Waals surface area contributed by atoms with Gasteiger partial charge < -0.3 is 4.90 Å². The fourth-order valence-corrected chi connectivity index (χ4v) is 3.95. The van der Waals surface area contributed by atoms with E-state index in [-0.39, 0.29) is 10.6 Å². The Kier molecular flexibility index (Phi) is 4.73. The third-order valence-corrected chi connectivity index (χ3v) is 5.57. The zero-order chi connectivity index (χ0) is 15.7. The van der Waals surface area contributed by atoms with Crippen molar-refractivity contribution in [2.75, 3.05) is 31.1 Å². The van der Waals surface area contributed by atoms with Crippen LogP contribution in [0.2, 0.25) is 5.02 Å². The summed E-state index contributed by atoms with van der Waals surface area (Å²) in [6.07, 6.45) is 7.08. The molecule has 1 aliphatic carbocycles. The molecule has 1 aromatic heterocycles. The average molecular weight is 325 g/mol. The van der Waals surface area contributed by atoms with Crippen LogP contribution in [0, 0.1) is 5.92 Å². The number of piperazine rings is 1. The van der Waals surface area contributed by atoms with E-state index in [0.29, 0.717) is 0 Å². The molecule has 2 heterocycles. The molecule has 22 heavy (non-hydrogen) atoms. The minimum Gasteiger partial charge on any atom is -0.366 e. The Morgan fingerprint density at radius 3 is 2.41 bits per heavy atom. The molecule has 1 aromatic rings. The van der Waals surface area contributed by atoms with Gasteiger partial charge in [0.2, 0.25) is 0 Å². The summed E-state index contributed by atoms with van der Waals surface area (Å²) < 4.78 is 1.28. The summed E-state index contributed by atoms with van der Waals surface area (Å²) in [7, 11) is 1.63. The van der Waals surface area contributed by atoms with Gasteiger partial charge in [-0.05, 0) is 31.6 Å². The van der Waals surface area contributed by atoms with Crippen LogP contribution in [0.25, 0.3) is 0 Å². The molecular formula is C16H25ClN4O. The fourth-order valence-electron chi connectivity index (χ4n) is 3.66. The summed E-state index contributed by atoms with van der Waals surface area (Å²) >= 11 is 6.20. The van der Waals surface area contributed by atoms with Crippen molar-refractivity contribution >= 4 is 17.3 Å². The maximum atomic E-state index is 11.9. The smallest absolute Gasteiger partial charge is 0.287 e. The Labute approximate surface area is 136 Å². The van der Waals surface area contributed by atoms with Gasteiger partial charge in [-0.1, -0.05) is 18.5 Å². The van der Waals surface area contributed by atoms with Crippen molar-refractivity contribution in [2.24, 2.45) is 13.0 Å². The lowest BCUT2D eigenvalue weighted by atomic mass is 9.86. The predicted molar refractivity (Wildman–Crippen MR) is 89.7 cm³/mol. The Hall–Kier alpha value is -1.07. The van der Waals surface area contributed by atoms with Crippen LogP contribution >= 0.6 is 11.6 Å². The van der Waals surface area contributed by atoms with Gasteiger partial charge in [0.1, 0.15) is 5.02 Å². The topological polar surface area (TPSA) is 41.4 Å². The lowest BCUT2D eigenvalue weighted by molar-refractivity contribution is 0.133. The molecule has 3 rings (SSSR count). The van der Waals surface area contributed by atoms with Crippen LogP contribution in [-0.4, -0.2) is 46.9 Å². The zero-order valence-corrected chi connectivity index (χ0v) is 14.2. The molecule has 0 bridgehead atoms. The summed E-state index contributed by atoms with van der Waals surface area (Å²) in [4.78, 5) is 16.7. The van der Waals surface area contributed by atoms with Crippen LogP contribution in [0.5, 0.6) is 0 Å². The molecule has 2 fully saturated rings. The van der Waals surface area contributed by atoms with E-state index in [1.165, 1.54) is 30.4 Å². The molecule has 1 saturated carbocycles. The Morgan fingerprint density at radius 1 is 1.14 bits per heavy atom. The van der Waals surface area contributed by atoms with Crippen molar-refractivity contribution in [1.82, 2.24) is 14.7 Å². The third kappa shape index (κ3) is 3.15. The zero-order valence-electron chi connectivity index (χ0n) is 13.5. The second-order valence-electron chi connectivity index (χ2n) is 6.71. The number of rotatable bonds is 2. The Bertz CT molecular complexity index is 572. The van der Waals surface area contributed by atoms with Crippen molar-refractivity contribution in [3.63, 3.8) is 0 Å². The molecule has 1 aliphatic heterocycles. The number of nitrogens with zero attached hydrogens (tertiary/aromatic N) is 4. The van der Waals surface area contributed by atoms with Crippen molar-refractivity contribution in [2.45, 2.75) is 38.6 Å². The molecule has 0 atom stereocenters. The monoisotopic (exact) mass is 324 g/mol. The van der Waals surface area contributed by atoms with Gasteiger partial charge in [0, 0.05) is 39.3 Å². The molecule has 0 aromatic carbocycles. The molecule has 0 N–H and O–H groups in total. The molecule has 5 nitrogen and oxygen atoms in total. The minimum atomic E-state index is -0.220. The van der Waals surface area contributed by atoms with Gasteiger partial charge in [-0.15, -0.1) is 0 Å². The highest BCUT2D eigenvalue weighted by atomic mass is 35.5. The van der Waals surface area contributed by atoms with E-state index >= 15 is 0 Å². The highest BCUT2D eigenvalue weighted by Gasteiger charge is 2.28. The van der Waals surface area contributed by atoms with Crippen molar-refractivity contribution < 1.29 is 0 Å². The summed E-state index contributed by atoms with van der Waals surface area (Å²) in [5, 5.41) is 4.39. The van der Waals surface area contributed by atoms with Crippen LogP contribution in [0.4, 0.5) is 5.69 Å². The number of aryl methyl sites for hydroxylation is 1. The van der Waals surface area contributed by atoms with E-state index in [2.05, 4.69) is 21.8 Å². The van der Waals surface area contributed by atoms with Gasteiger partial charge in [0.25, 0.3) is 5.56 Å². The molecule has 6 heteroatoms. The number of halogens is 1. The Morgan fingerprint density at radius 2 is 1.77 bits per heavy atom. The van der Waals surface area contributed by atoms with Crippen molar-refractivity contribution in [3.05, 3.63) is 21.6 Å².